The average Bonchev–Trinajstić information content (AvgIpc) is 3.50. The summed E-state index contributed by atoms with van der Waals surface area (Å²) in [6.07, 6.45) is 7.72. The Morgan fingerprint density at radius 1 is 0.897 bits per heavy atom. The number of amides is 4. The minimum absolute atomic E-state index is 0.0423. The van der Waals surface area contributed by atoms with Gasteiger partial charge in [-0.2, -0.15) is 0 Å². The first-order valence-electron chi connectivity index (χ1n) is 14.2. The first-order valence-corrected chi connectivity index (χ1v) is 14.2. The number of aromatic nitrogens is 1. The lowest BCUT2D eigenvalue weighted by atomic mass is 9.93. The molecule has 10 heteroatoms. The fraction of sp³-hybridized carbons (Fsp3) is 0.552. The van der Waals surface area contributed by atoms with Crippen molar-refractivity contribution in [1.82, 2.24) is 26.3 Å². The topological polar surface area (TPSA) is 149 Å². The van der Waals surface area contributed by atoms with E-state index >= 15 is 0 Å². The highest BCUT2D eigenvalue weighted by molar-refractivity contribution is 6.38. The molecule has 2 heterocycles. The van der Waals surface area contributed by atoms with Gasteiger partial charge in [0.2, 0.25) is 17.6 Å². The smallest absolute Gasteiger partial charge is 0.289 e. The van der Waals surface area contributed by atoms with Gasteiger partial charge in [0.25, 0.3) is 11.8 Å². The monoisotopic (exact) mass is 535 g/mol. The van der Waals surface area contributed by atoms with E-state index in [2.05, 4.69) is 26.3 Å². The number of Topliss-reactive ketones (excluding diaryl/α,β-unsaturated/α-hetero) is 1. The van der Waals surface area contributed by atoms with Gasteiger partial charge in [0.1, 0.15) is 11.7 Å². The summed E-state index contributed by atoms with van der Waals surface area (Å²) in [5, 5.41) is 12.0. The summed E-state index contributed by atoms with van der Waals surface area (Å²) in [5.74, 6) is -2.75. The van der Waals surface area contributed by atoms with Crippen LogP contribution in [0, 0.1) is 11.8 Å². The van der Waals surface area contributed by atoms with Crippen molar-refractivity contribution >= 4 is 40.3 Å². The third-order valence-corrected chi connectivity index (χ3v) is 8.14. The molecule has 1 aromatic heterocycles. The molecule has 1 aromatic carbocycles. The Bertz CT molecular complexity index is 1210. The zero-order chi connectivity index (χ0) is 27.4. The highest BCUT2D eigenvalue weighted by Crippen LogP contribution is 2.33. The van der Waals surface area contributed by atoms with E-state index in [4.69, 9.17) is 0 Å². The third-order valence-electron chi connectivity index (χ3n) is 8.14. The fourth-order valence-corrected chi connectivity index (χ4v) is 5.67. The van der Waals surface area contributed by atoms with E-state index in [0.717, 1.165) is 55.8 Å². The normalized spacial score (nSPS) is 21.1. The molecule has 5 rings (SSSR count). The maximum Gasteiger partial charge on any atom is 0.289 e. The highest BCUT2D eigenvalue weighted by atomic mass is 16.2. The Balaban J connectivity index is 1.29. The van der Waals surface area contributed by atoms with Crippen LogP contribution in [0.1, 0.15) is 74.7 Å². The number of H-pyrrole nitrogens is 1. The molecular weight excluding hydrogens is 498 g/mol. The van der Waals surface area contributed by atoms with Gasteiger partial charge in [0, 0.05) is 29.4 Å². The van der Waals surface area contributed by atoms with Crippen LogP contribution in [0.3, 0.4) is 0 Å². The van der Waals surface area contributed by atoms with E-state index in [0.29, 0.717) is 31.0 Å². The number of ketones is 1. The number of carbonyl (C=O) groups excluding carboxylic acids is 5. The zero-order valence-electron chi connectivity index (χ0n) is 22.1. The Morgan fingerprint density at radius 2 is 1.67 bits per heavy atom. The molecule has 1 aliphatic heterocycles. The molecular formula is C29H37N5O5. The molecule has 5 N–H and O–H groups in total. The van der Waals surface area contributed by atoms with E-state index in [-0.39, 0.29) is 18.4 Å². The lowest BCUT2D eigenvalue weighted by Crippen LogP contribution is -2.55. The second-order valence-corrected chi connectivity index (χ2v) is 11.2. The number of benzene rings is 1. The Hall–Kier alpha value is -3.69. The molecule has 2 aromatic rings. The van der Waals surface area contributed by atoms with Crippen molar-refractivity contribution < 1.29 is 24.0 Å². The van der Waals surface area contributed by atoms with E-state index in [1.165, 1.54) is 0 Å². The molecule has 0 radical (unpaired) electrons. The number of para-hydroxylation sites is 1. The Morgan fingerprint density at radius 3 is 2.36 bits per heavy atom. The first kappa shape index (κ1) is 26.9. The second kappa shape index (κ2) is 12.0. The van der Waals surface area contributed by atoms with Gasteiger partial charge in [-0.05, 0) is 50.2 Å². The maximum absolute atomic E-state index is 13.5. The molecule has 3 fully saturated rings. The number of carbonyl (C=O) groups is 5. The van der Waals surface area contributed by atoms with Gasteiger partial charge in [-0.3, -0.25) is 24.0 Å². The van der Waals surface area contributed by atoms with Crippen LogP contribution >= 0.6 is 0 Å². The minimum atomic E-state index is -1.15. The quantitative estimate of drug-likeness (QED) is 0.279. The van der Waals surface area contributed by atoms with Crippen LogP contribution in [0.15, 0.2) is 30.3 Å². The summed E-state index contributed by atoms with van der Waals surface area (Å²) >= 11 is 0. The molecule has 3 atom stereocenters. The van der Waals surface area contributed by atoms with Crippen LogP contribution in [-0.4, -0.2) is 59.1 Å². The van der Waals surface area contributed by atoms with Gasteiger partial charge in [-0.1, -0.05) is 50.3 Å². The lowest BCUT2D eigenvalue weighted by molar-refractivity contribution is -0.141. The van der Waals surface area contributed by atoms with Crippen molar-refractivity contribution in [3.63, 3.8) is 0 Å². The third kappa shape index (κ3) is 6.85. The van der Waals surface area contributed by atoms with E-state index in [1.54, 1.807) is 6.07 Å². The first-order chi connectivity index (χ1) is 18.9. The summed E-state index contributed by atoms with van der Waals surface area (Å²) in [7, 11) is 0. The van der Waals surface area contributed by atoms with E-state index in [9.17, 15) is 24.0 Å². The van der Waals surface area contributed by atoms with Gasteiger partial charge >= 0.3 is 0 Å². The average molecular weight is 536 g/mol. The minimum Gasteiger partial charge on any atom is -0.356 e. The van der Waals surface area contributed by atoms with Gasteiger partial charge < -0.3 is 26.3 Å². The van der Waals surface area contributed by atoms with E-state index in [1.807, 2.05) is 24.3 Å². The van der Waals surface area contributed by atoms with Crippen molar-refractivity contribution in [3.8, 4) is 0 Å². The van der Waals surface area contributed by atoms with Gasteiger partial charge in [-0.25, -0.2) is 0 Å². The van der Waals surface area contributed by atoms with Crippen LogP contribution in [0.25, 0.3) is 10.9 Å². The number of hydrogen-bond acceptors (Lipinski definition) is 5. The van der Waals surface area contributed by atoms with E-state index < -0.39 is 41.5 Å². The SMILES string of the molecule is O=C(NC1CCCCC1)C(=O)[C@H](C[C@@H]1CCNC1=O)NC(=O)[C@H](CC1CC1)NC(=O)c1cc2ccccc2[nH]1. The molecule has 208 valence electrons. The number of hydrogen-bond donors (Lipinski definition) is 5. The molecule has 2 saturated carbocycles. The lowest BCUT2D eigenvalue weighted by Gasteiger charge is -2.26. The van der Waals surface area contributed by atoms with Crippen LogP contribution in [-0.2, 0) is 19.2 Å². The Kier molecular flexibility index (Phi) is 8.28. The molecule has 4 amide bonds. The number of aromatic amines is 1. The summed E-state index contributed by atoms with van der Waals surface area (Å²) in [6, 6.07) is 7.17. The molecule has 10 nitrogen and oxygen atoms in total. The van der Waals surface area contributed by atoms with Crippen LogP contribution in [0.2, 0.25) is 0 Å². The number of rotatable bonds is 11. The van der Waals surface area contributed by atoms with Crippen molar-refractivity contribution in [1.29, 1.82) is 0 Å². The molecule has 0 bridgehead atoms. The summed E-state index contributed by atoms with van der Waals surface area (Å²) in [6.45, 7) is 0.498. The Labute approximate surface area is 227 Å². The molecule has 3 aliphatic rings. The molecule has 39 heavy (non-hydrogen) atoms. The summed E-state index contributed by atoms with van der Waals surface area (Å²) in [4.78, 5) is 68.2. The molecule has 2 aliphatic carbocycles. The van der Waals surface area contributed by atoms with Crippen LogP contribution in [0.5, 0.6) is 0 Å². The van der Waals surface area contributed by atoms with Crippen LogP contribution < -0.4 is 21.3 Å². The molecule has 1 saturated heterocycles. The predicted molar refractivity (Wildman–Crippen MR) is 145 cm³/mol. The molecule has 0 unspecified atom stereocenters. The van der Waals surface area contributed by atoms with Gasteiger partial charge in [0.15, 0.2) is 0 Å². The predicted octanol–water partition coefficient (Wildman–Crippen LogP) is 2.10. The second-order valence-electron chi connectivity index (χ2n) is 11.2. The highest BCUT2D eigenvalue weighted by Gasteiger charge is 2.37. The molecule has 0 spiro atoms. The van der Waals surface area contributed by atoms with Crippen LogP contribution in [0.4, 0.5) is 0 Å². The largest absolute Gasteiger partial charge is 0.356 e. The maximum atomic E-state index is 13.5. The van der Waals surface area contributed by atoms with Gasteiger partial charge in [-0.15, -0.1) is 0 Å². The van der Waals surface area contributed by atoms with Crippen molar-refractivity contribution in [2.24, 2.45) is 11.8 Å². The summed E-state index contributed by atoms with van der Waals surface area (Å²) < 4.78 is 0. The van der Waals surface area contributed by atoms with Crippen molar-refractivity contribution in [2.75, 3.05) is 6.54 Å². The number of nitrogens with one attached hydrogen (secondary N) is 5. The fourth-order valence-electron chi connectivity index (χ4n) is 5.67. The van der Waals surface area contributed by atoms with Crippen molar-refractivity contribution in [2.45, 2.75) is 82.3 Å². The van der Waals surface area contributed by atoms with Gasteiger partial charge in [0.05, 0.1) is 6.04 Å². The summed E-state index contributed by atoms with van der Waals surface area (Å²) in [5.41, 5.74) is 1.15. The standard InChI is InChI=1S/C29H37N5O5/c35-25(29(39)31-20-7-2-1-3-8-20)22(16-19-12-13-30-26(19)36)33-27(37)23(14-17-10-11-17)34-28(38)24-15-18-6-4-5-9-21(18)32-24/h4-6,9,15,17,19-20,22-23,32H,1-3,7-8,10-14,16H2,(H,30,36)(H,31,39)(H,33,37)(H,34,38)/t19-,22-,23-/m0/s1. The number of fused-ring (bicyclic) bond motifs is 1. The van der Waals surface area contributed by atoms with Crippen molar-refractivity contribution in [3.05, 3.63) is 36.0 Å². The zero-order valence-corrected chi connectivity index (χ0v) is 22.1.